The van der Waals surface area contributed by atoms with E-state index in [0.29, 0.717) is 11.7 Å². The zero-order valence-electron chi connectivity index (χ0n) is 13.4. The Bertz CT molecular complexity index is 641. The maximum atomic E-state index is 13.2. The van der Waals surface area contributed by atoms with Crippen LogP contribution >= 0.6 is 12.2 Å². The number of benzene rings is 1. The third-order valence-electron chi connectivity index (χ3n) is 3.19. The molecule has 0 spiro atoms. The molecule has 0 radical (unpaired) electrons. The monoisotopic (exact) mass is 335 g/mol. The van der Waals surface area contributed by atoms with Gasteiger partial charge in [-0.1, -0.05) is 12.1 Å². The summed E-state index contributed by atoms with van der Waals surface area (Å²) < 4.78 is 14.9. The van der Waals surface area contributed by atoms with Gasteiger partial charge in [0.2, 0.25) is 0 Å². The molecule has 2 rings (SSSR count). The zero-order chi connectivity index (χ0) is 16.7. The largest absolute Gasteiger partial charge is 0.362 e. The second-order valence-corrected chi connectivity index (χ2v) is 6.00. The lowest BCUT2D eigenvalue weighted by molar-refractivity contribution is 0.400. The van der Waals surface area contributed by atoms with Crippen LogP contribution in [0.15, 0.2) is 36.7 Å². The van der Waals surface area contributed by atoms with Crippen LogP contribution < -0.4 is 10.6 Å². The van der Waals surface area contributed by atoms with E-state index >= 15 is 0 Å². The third kappa shape index (κ3) is 6.33. The molecule has 23 heavy (non-hydrogen) atoms. The topological polar surface area (TPSA) is 45.1 Å². The van der Waals surface area contributed by atoms with Crippen LogP contribution in [0.2, 0.25) is 0 Å². The first-order valence-corrected chi connectivity index (χ1v) is 7.90. The van der Waals surface area contributed by atoms with Crippen molar-refractivity contribution >= 4 is 23.0 Å². The third-order valence-corrected chi connectivity index (χ3v) is 3.44. The SMILES string of the molecule is CN(C)CCCNC(=S)Nc1cnn(Cc2cccc(F)c2)c1. The van der Waals surface area contributed by atoms with Gasteiger partial charge in [0.1, 0.15) is 5.82 Å². The van der Waals surface area contributed by atoms with Crippen LogP contribution in [0, 0.1) is 5.82 Å². The fourth-order valence-corrected chi connectivity index (χ4v) is 2.33. The van der Waals surface area contributed by atoms with Gasteiger partial charge >= 0.3 is 0 Å². The molecule has 0 saturated heterocycles. The predicted molar refractivity (Wildman–Crippen MR) is 95.1 cm³/mol. The molecule has 2 N–H and O–H groups in total. The highest BCUT2D eigenvalue weighted by Gasteiger charge is 2.03. The second-order valence-electron chi connectivity index (χ2n) is 5.59. The van der Waals surface area contributed by atoms with Crippen molar-refractivity contribution in [3.05, 3.63) is 48.0 Å². The van der Waals surface area contributed by atoms with Crippen LogP contribution in [-0.4, -0.2) is 47.0 Å². The van der Waals surface area contributed by atoms with Gasteiger partial charge in [-0.05, 0) is 57.0 Å². The average molecular weight is 335 g/mol. The number of nitrogens with one attached hydrogen (secondary N) is 2. The van der Waals surface area contributed by atoms with E-state index in [0.717, 1.165) is 30.8 Å². The van der Waals surface area contributed by atoms with Gasteiger partial charge in [-0.25, -0.2) is 4.39 Å². The van der Waals surface area contributed by atoms with Crippen LogP contribution in [0.3, 0.4) is 0 Å². The summed E-state index contributed by atoms with van der Waals surface area (Å²) >= 11 is 5.25. The molecule has 7 heteroatoms. The molecule has 0 unspecified atom stereocenters. The van der Waals surface area contributed by atoms with Crippen LogP contribution in [0.5, 0.6) is 0 Å². The maximum absolute atomic E-state index is 13.2. The van der Waals surface area contributed by atoms with Crippen molar-refractivity contribution in [3.8, 4) is 0 Å². The molecule has 0 aliphatic rings. The Morgan fingerprint density at radius 1 is 1.39 bits per heavy atom. The maximum Gasteiger partial charge on any atom is 0.170 e. The molecule has 0 atom stereocenters. The summed E-state index contributed by atoms with van der Waals surface area (Å²) in [6.07, 6.45) is 4.57. The van der Waals surface area contributed by atoms with Crippen LogP contribution in [0.4, 0.5) is 10.1 Å². The van der Waals surface area contributed by atoms with Gasteiger partial charge in [-0.2, -0.15) is 5.10 Å². The summed E-state index contributed by atoms with van der Waals surface area (Å²) in [5.74, 6) is -0.240. The molecule has 0 aliphatic carbocycles. The van der Waals surface area contributed by atoms with Crippen molar-refractivity contribution in [1.82, 2.24) is 20.0 Å². The van der Waals surface area contributed by atoms with Crippen LogP contribution in [0.1, 0.15) is 12.0 Å². The molecule has 1 aromatic heterocycles. The van der Waals surface area contributed by atoms with Gasteiger partial charge in [0.05, 0.1) is 18.4 Å². The summed E-state index contributed by atoms with van der Waals surface area (Å²) in [6.45, 7) is 2.35. The molecule has 0 fully saturated rings. The van der Waals surface area contributed by atoms with Gasteiger partial charge in [0.25, 0.3) is 0 Å². The summed E-state index contributed by atoms with van der Waals surface area (Å²) in [5, 5.41) is 11.1. The highest BCUT2D eigenvalue weighted by molar-refractivity contribution is 7.80. The quantitative estimate of drug-likeness (QED) is 0.600. The number of aromatic nitrogens is 2. The van der Waals surface area contributed by atoms with Crippen molar-refractivity contribution in [3.63, 3.8) is 0 Å². The van der Waals surface area contributed by atoms with Crippen molar-refractivity contribution < 1.29 is 4.39 Å². The number of thiocarbonyl (C=S) groups is 1. The molecule has 0 amide bonds. The summed E-state index contributed by atoms with van der Waals surface area (Å²) in [4.78, 5) is 2.13. The number of hydrogen-bond donors (Lipinski definition) is 2. The fourth-order valence-electron chi connectivity index (χ4n) is 2.11. The van der Waals surface area contributed by atoms with Gasteiger partial charge in [0, 0.05) is 12.7 Å². The van der Waals surface area contributed by atoms with Gasteiger partial charge < -0.3 is 15.5 Å². The number of anilines is 1. The first kappa shape index (κ1) is 17.4. The lowest BCUT2D eigenvalue weighted by Crippen LogP contribution is -2.30. The summed E-state index contributed by atoms with van der Waals surface area (Å²) in [6, 6.07) is 6.50. The molecule has 124 valence electrons. The fraction of sp³-hybridized carbons (Fsp3) is 0.375. The highest BCUT2D eigenvalue weighted by atomic mass is 32.1. The van der Waals surface area contributed by atoms with E-state index in [1.54, 1.807) is 16.9 Å². The Hall–Kier alpha value is -1.99. The predicted octanol–water partition coefficient (Wildman–Crippen LogP) is 2.31. The molecule has 2 aromatic rings. The van der Waals surface area contributed by atoms with Crippen molar-refractivity contribution in [2.75, 3.05) is 32.5 Å². The Balaban J connectivity index is 1.79. The number of rotatable bonds is 7. The lowest BCUT2D eigenvalue weighted by Gasteiger charge is -2.11. The Labute approximate surface area is 141 Å². The van der Waals surface area contributed by atoms with Gasteiger partial charge in [0.15, 0.2) is 5.11 Å². The molecular weight excluding hydrogens is 313 g/mol. The van der Waals surface area contributed by atoms with E-state index in [1.165, 1.54) is 12.1 Å². The standard InChI is InChI=1S/C16H22FN5S/c1-21(2)8-4-7-18-16(23)20-15-10-19-22(12-15)11-13-5-3-6-14(17)9-13/h3,5-6,9-10,12H,4,7-8,11H2,1-2H3,(H2,18,20,23). The lowest BCUT2D eigenvalue weighted by atomic mass is 10.2. The van der Waals surface area contributed by atoms with Gasteiger partial charge in [-0.3, -0.25) is 4.68 Å². The molecule has 0 bridgehead atoms. The van der Waals surface area contributed by atoms with E-state index in [2.05, 4.69) is 20.6 Å². The van der Waals surface area contributed by atoms with E-state index < -0.39 is 0 Å². The van der Waals surface area contributed by atoms with Crippen molar-refractivity contribution in [1.29, 1.82) is 0 Å². The Kier molecular flexibility index (Phi) is 6.49. The molecule has 1 aromatic carbocycles. The van der Waals surface area contributed by atoms with E-state index in [1.807, 2.05) is 26.4 Å². The van der Waals surface area contributed by atoms with Crippen molar-refractivity contribution in [2.45, 2.75) is 13.0 Å². The number of nitrogens with zero attached hydrogens (tertiary/aromatic N) is 3. The van der Waals surface area contributed by atoms with Crippen LogP contribution in [0.25, 0.3) is 0 Å². The molecule has 1 heterocycles. The second kappa shape index (κ2) is 8.59. The normalized spacial score (nSPS) is 10.8. The molecule has 0 saturated carbocycles. The highest BCUT2D eigenvalue weighted by Crippen LogP contribution is 2.09. The van der Waals surface area contributed by atoms with Crippen LogP contribution in [-0.2, 0) is 6.54 Å². The molecular formula is C16H22FN5S. The summed E-state index contributed by atoms with van der Waals surface area (Å²) in [7, 11) is 4.09. The van der Waals surface area contributed by atoms with E-state index in [-0.39, 0.29) is 5.82 Å². The minimum absolute atomic E-state index is 0.240. The molecule has 5 nitrogen and oxygen atoms in total. The number of hydrogen-bond acceptors (Lipinski definition) is 3. The average Bonchev–Trinajstić information content (AvgIpc) is 2.90. The first-order valence-electron chi connectivity index (χ1n) is 7.49. The summed E-state index contributed by atoms with van der Waals surface area (Å²) in [5.41, 5.74) is 1.68. The Morgan fingerprint density at radius 3 is 2.96 bits per heavy atom. The Morgan fingerprint density at radius 2 is 2.22 bits per heavy atom. The first-order chi connectivity index (χ1) is 11.0. The van der Waals surface area contributed by atoms with Crippen molar-refractivity contribution in [2.24, 2.45) is 0 Å². The van der Waals surface area contributed by atoms with E-state index in [9.17, 15) is 4.39 Å². The zero-order valence-corrected chi connectivity index (χ0v) is 14.2. The van der Waals surface area contributed by atoms with Gasteiger partial charge in [-0.15, -0.1) is 0 Å². The smallest absolute Gasteiger partial charge is 0.170 e. The number of halogens is 1. The minimum atomic E-state index is -0.240. The van der Waals surface area contributed by atoms with E-state index in [4.69, 9.17) is 12.2 Å². The molecule has 0 aliphatic heterocycles. The minimum Gasteiger partial charge on any atom is -0.362 e.